The molecule has 0 aliphatic rings. The molecular weight excluding hydrogens is 424 g/mol. The maximum Gasteiger partial charge on any atom is 0.307 e. The number of benzene rings is 1. The molecule has 1 aromatic carbocycles. The van der Waals surface area contributed by atoms with Crippen LogP contribution >= 0.6 is 22.9 Å². The second kappa shape index (κ2) is 9.51. The summed E-state index contributed by atoms with van der Waals surface area (Å²) in [4.78, 5) is 25.2. The highest BCUT2D eigenvalue weighted by atomic mass is 35.5. The summed E-state index contributed by atoms with van der Waals surface area (Å²) < 4.78 is 31.9. The Bertz CT molecular complexity index is 943. The van der Waals surface area contributed by atoms with Gasteiger partial charge in [0.25, 0.3) is 5.91 Å². The molecule has 28 heavy (non-hydrogen) atoms. The first kappa shape index (κ1) is 22.4. The number of amides is 1. The van der Waals surface area contributed by atoms with Crippen LogP contribution in [0.25, 0.3) is 0 Å². The number of rotatable bonds is 8. The fraction of sp³-hybridized carbons (Fsp3) is 0.333. The molecule has 2 rings (SSSR count). The zero-order valence-corrected chi connectivity index (χ0v) is 18.0. The predicted octanol–water partition coefficient (Wildman–Crippen LogP) is 3.12. The minimum absolute atomic E-state index is 0.000260. The van der Waals surface area contributed by atoms with Gasteiger partial charge in [0, 0.05) is 10.9 Å². The Hall–Kier alpha value is -1.94. The minimum Gasteiger partial charge on any atom is -0.469 e. The summed E-state index contributed by atoms with van der Waals surface area (Å²) in [6, 6.07) is 6.56. The van der Waals surface area contributed by atoms with Crippen molar-refractivity contribution in [2.45, 2.75) is 37.2 Å². The van der Waals surface area contributed by atoms with Crippen molar-refractivity contribution in [3.8, 4) is 0 Å². The summed E-state index contributed by atoms with van der Waals surface area (Å²) in [5, 5.41) is 4.66. The summed E-state index contributed by atoms with van der Waals surface area (Å²) in [6.07, 6.45) is -0.0622. The molecule has 1 aromatic heterocycles. The maximum absolute atomic E-state index is 12.8. The number of halogens is 1. The first-order valence-electron chi connectivity index (χ1n) is 8.37. The molecule has 1 atom stereocenters. The van der Waals surface area contributed by atoms with Gasteiger partial charge in [-0.25, -0.2) is 13.1 Å². The number of hydrogen-bond donors (Lipinski definition) is 2. The van der Waals surface area contributed by atoms with Crippen molar-refractivity contribution in [3.05, 3.63) is 51.2 Å². The molecule has 152 valence electrons. The largest absolute Gasteiger partial charge is 0.469 e. The van der Waals surface area contributed by atoms with Gasteiger partial charge in [-0.3, -0.25) is 9.59 Å². The van der Waals surface area contributed by atoms with Crippen LogP contribution in [0.2, 0.25) is 5.02 Å². The van der Waals surface area contributed by atoms with Crippen LogP contribution in [-0.4, -0.2) is 33.4 Å². The predicted molar refractivity (Wildman–Crippen MR) is 108 cm³/mol. The van der Waals surface area contributed by atoms with E-state index >= 15 is 0 Å². The van der Waals surface area contributed by atoms with Crippen molar-refractivity contribution in [3.63, 3.8) is 0 Å². The number of ether oxygens (including phenoxy) is 1. The molecule has 0 saturated carbocycles. The molecule has 0 aliphatic carbocycles. The highest BCUT2D eigenvalue weighted by molar-refractivity contribution is 7.89. The average molecular weight is 445 g/mol. The third kappa shape index (κ3) is 5.78. The van der Waals surface area contributed by atoms with Crippen LogP contribution in [0.4, 0.5) is 0 Å². The van der Waals surface area contributed by atoms with Gasteiger partial charge in [0.15, 0.2) is 0 Å². The summed E-state index contributed by atoms with van der Waals surface area (Å²) in [5.74, 6) is -1.07. The molecule has 0 aliphatic heterocycles. The first-order chi connectivity index (χ1) is 13.1. The number of hydrogen-bond acceptors (Lipinski definition) is 6. The number of carbonyl (C=O) groups is 2. The van der Waals surface area contributed by atoms with E-state index in [0.29, 0.717) is 0 Å². The number of nitrogens with one attached hydrogen (secondary N) is 2. The molecule has 2 N–H and O–H groups in total. The monoisotopic (exact) mass is 444 g/mol. The van der Waals surface area contributed by atoms with Crippen molar-refractivity contribution in [2.24, 2.45) is 0 Å². The second-order valence-electron chi connectivity index (χ2n) is 6.24. The van der Waals surface area contributed by atoms with Crippen LogP contribution in [0, 0.1) is 0 Å². The van der Waals surface area contributed by atoms with E-state index in [1.807, 2.05) is 5.38 Å². The average Bonchev–Trinajstić information content (AvgIpc) is 3.14. The normalized spacial score (nSPS) is 12.6. The van der Waals surface area contributed by atoms with Gasteiger partial charge >= 0.3 is 5.97 Å². The summed E-state index contributed by atoms with van der Waals surface area (Å²) >= 11 is 7.50. The Balaban J connectivity index is 2.31. The Morgan fingerprint density at radius 3 is 2.54 bits per heavy atom. The third-order valence-corrected chi connectivity index (χ3v) is 6.65. The number of carbonyl (C=O) groups excluding carboxylic acids is 2. The quantitative estimate of drug-likeness (QED) is 0.609. The fourth-order valence-electron chi connectivity index (χ4n) is 2.42. The van der Waals surface area contributed by atoms with E-state index < -0.39 is 27.9 Å². The molecular formula is C18H21ClN2O5S2. The molecule has 1 heterocycles. The van der Waals surface area contributed by atoms with Gasteiger partial charge in [0.2, 0.25) is 10.0 Å². The topological polar surface area (TPSA) is 102 Å². The molecule has 1 amide bonds. The summed E-state index contributed by atoms with van der Waals surface area (Å²) in [5.41, 5.74) is -0.000260. The molecule has 0 fully saturated rings. The molecule has 0 saturated heterocycles. The summed E-state index contributed by atoms with van der Waals surface area (Å²) in [6.45, 7) is 3.39. The molecule has 0 bridgehead atoms. The van der Waals surface area contributed by atoms with Crippen LogP contribution < -0.4 is 10.0 Å². The summed E-state index contributed by atoms with van der Waals surface area (Å²) in [7, 11) is -2.52. The van der Waals surface area contributed by atoms with Gasteiger partial charge in [0.05, 0.1) is 35.1 Å². The lowest BCUT2D eigenvalue weighted by atomic mass is 10.1. The maximum atomic E-state index is 12.8. The third-order valence-electron chi connectivity index (χ3n) is 3.67. The Morgan fingerprint density at radius 2 is 1.96 bits per heavy atom. The lowest BCUT2D eigenvalue weighted by Gasteiger charge is -2.17. The Labute approximate surface area is 173 Å². The molecule has 0 unspecified atom stereocenters. The van der Waals surface area contributed by atoms with E-state index in [1.54, 1.807) is 26.0 Å². The lowest BCUT2D eigenvalue weighted by molar-refractivity contribution is -0.141. The van der Waals surface area contributed by atoms with Gasteiger partial charge in [-0.1, -0.05) is 17.7 Å². The first-order valence-corrected chi connectivity index (χ1v) is 11.1. The molecule has 10 heteroatoms. The standard InChI is InChI=1S/C18H21ClN2O5S2/c1-11(2)21-28(24,25)12-6-7-14(19)13(9-12)18(23)20-15(10-17(22)26-3)16-5-4-8-27-16/h4-9,11,15,21H,10H2,1-3H3,(H,20,23)/t15-/m1/s1. The van der Waals surface area contributed by atoms with Crippen molar-refractivity contribution < 1.29 is 22.7 Å². The number of esters is 1. The molecule has 0 spiro atoms. The van der Waals surface area contributed by atoms with E-state index in [9.17, 15) is 18.0 Å². The molecule has 0 radical (unpaired) electrons. The molecule has 2 aromatic rings. The second-order valence-corrected chi connectivity index (χ2v) is 9.34. The zero-order valence-electron chi connectivity index (χ0n) is 15.6. The van der Waals surface area contributed by atoms with E-state index in [0.717, 1.165) is 4.88 Å². The van der Waals surface area contributed by atoms with Gasteiger partial charge in [-0.15, -0.1) is 11.3 Å². The van der Waals surface area contributed by atoms with Gasteiger partial charge in [-0.2, -0.15) is 0 Å². The highest BCUT2D eigenvalue weighted by Crippen LogP contribution is 2.25. The lowest BCUT2D eigenvalue weighted by Crippen LogP contribution is -2.32. The number of methoxy groups -OCH3 is 1. The smallest absolute Gasteiger partial charge is 0.307 e. The Kier molecular flexibility index (Phi) is 7.59. The Morgan fingerprint density at radius 1 is 1.25 bits per heavy atom. The fourth-order valence-corrected chi connectivity index (χ4v) is 4.68. The minimum atomic E-state index is -3.79. The van der Waals surface area contributed by atoms with Crippen LogP contribution in [0.1, 0.15) is 41.5 Å². The van der Waals surface area contributed by atoms with Crippen molar-refractivity contribution in [2.75, 3.05) is 7.11 Å². The van der Waals surface area contributed by atoms with E-state index in [-0.39, 0.29) is 27.9 Å². The van der Waals surface area contributed by atoms with E-state index in [1.165, 1.54) is 36.6 Å². The van der Waals surface area contributed by atoms with Crippen LogP contribution in [0.3, 0.4) is 0 Å². The van der Waals surface area contributed by atoms with E-state index in [4.69, 9.17) is 16.3 Å². The number of thiophene rings is 1. The van der Waals surface area contributed by atoms with Crippen molar-refractivity contribution in [1.29, 1.82) is 0 Å². The van der Waals surface area contributed by atoms with Gasteiger partial charge < -0.3 is 10.1 Å². The van der Waals surface area contributed by atoms with Crippen LogP contribution in [-0.2, 0) is 19.6 Å². The zero-order chi connectivity index (χ0) is 20.9. The van der Waals surface area contributed by atoms with Crippen molar-refractivity contribution >= 4 is 44.8 Å². The van der Waals surface area contributed by atoms with Crippen LogP contribution in [0.5, 0.6) is 0 Å². The van der Waals surface area contributed by atoms with E-state index in [2.05, 4.69) is 10.0 Å². The van der Waals surface area contributed by atoms with Gasteiger partial charge in [0.1, 0.15) is 0 Å². The van der Waals surface area contributed by atoms with Gasteiger partial charge in [-0.05, 0) is 43.5 Å². The van der Waals surface area contributed by atoms with Crippen LogP contribution in [0.15, 0.2) is 40.6 Å². The van der Waals surface area contributed by atoms with Crippen molar-refractivity contribution in [1.82, 2.24) is 10.0 Å². The molecule has 7 nitrogen and oxygen atoms in total. The SMILES string of the molecule is COC(=O)C[C@@H](NC(=O)c1cc(S(=O)(=O)NC(C)C)ccc1Cl)c1cccs1. The number of sulfonamides is 1. The highest BCUT2D eigenvalue weighted by Gasteiger charge is 2.24.